The fourth-order valence-corrected chi connectivity index (χ4v) is 1.32. The van der Waals surface area contributed by atoms with Gasteiger partial charge in [-0.1, -0.05) is 13.8 Å². The van der Waals surface area contributed by atoms with Gasteiger partial charge in [-0.3, -0.25) is 4.79 Å². The number of carbonyl (C=O) groups is 1. The predicted octanol–water partition coefficient (Wildman–Crippen LogP) is -0.836. The van der Waals surface area contributed by atoms with E-state index in [1.807, 2.05) is 13.8 Å². The maximum Gasteiger partial charge on any atom is 0.235 e. The second-order valence-electron chi connectivity index (χ2n) is 3.69. The van der Waals surface area contributed by atoms with E-state index in [2.05, 4.69) is 5.32 Å². The predicted molar refractivity (Wildman–Crippen MR) is 53.6 cm³/mol. The maximum atomic E-state index is 11.0. The van der Waals surface area contributed by atoms with Crippen LogP contribution in [0.5, 0.6) is 0 Å². The average molecular weight is 223 g/mol. The zero-order valence-corrected chi connectivity index (χ0v) is 9.47. The minimum absolute atomic E-state index is 0.0357. The molecule has 1 amide bonds. The summed E-state index contributed by atoms with van der Waals surface area (Å²) >= 11 is 0. The van der Waals surface area contributed by atoms with E-state index in [1.165, 1.54) is 0 Å². The SMILES string of the molecule is CC(C)C(O)CNC(=O)CS(C)(=O)=O. The van der Waals surface area contributed by atoms with Crippen LogP contribution in [0.25, 0.3) is 0 Å². The molecule has 0 saturated carbocycles. The lowest BCUT2D eigenvalue weighted by molar-refractivity contribution is -0.119. The highest BCUT2D eigenvalue weighted by Crippen LogP contribution is 1.98. The van der Waals surface area contributed by atoms with Gasteiger partial charge in [0.25, 0.3) is 0 Å². The highest BCUT2D eigenvalue weighted by Gasteiger charge is 2.13. The molecule has 0 aromatic carbocycles. The van der Waals surface area contributed by atoms with E-state index < -0.39 is 27.6 Å². The van der Waals surface area contributed by atoms with Crippen LogP contribution in [0.15, 0.2) is 0 Å². The number of nitrogens with one attached hydrogen (secondary N) is 1. The van der Waals surface area contributed by atoms with Crippen molar-refractivity contribution in [3.63, 3.8) is 0 Å². The molecule has 5 nitrogen and oxygen atoms in total. The van der Waals surface area contributed by atoms with E-state index >= 15 is 0 Å². The molecule has 6 heteroatoms. The molecule has 1 unspecified atom stereocenters. The molecule has 0 aliphatic heterocycles. The summed E-state index contributed by atoms with van der Waals surface area (Å²) in [7, 11) is -3.29. The topological polar surface area (TPSA) is 83.5 Å². The van der Waals surface area contributed by atoms with Gasteiger partial charge in [0, 0.05) is 12.8 Å². The Kier molecular flexibility index (Phi) is 5.07. The van der Waals surface area contributed by atoms with Crippen LogP contribution in [0.3, 0.4) is 0 Å². The fraction of sp³-hybridized carbons (Fsp3) is 0.875. The molecular formula is C8H17NO4S. The second kappa shape index (κ2) is 5.31. The fourth-order valence-electron chi connectivity index (χ4n) is 0.743. The van der Waals surface area contributed by atoms with Gasteiger partial charge in [-0.25, -0.2) is 8.42 Å². The maximum absolute atomic E-state index is 11.0. The first-order valence-corrected chi connectivity index (χ1v) is 6.41. The first-order valence-electron chi connectivity index (χ1n) is 4.35. The van der Waals surface area contributed by atoms with Gasteiger partial charge < -0.3 is 10.4 Å². The smallest absolute Gasteiger partial charge is 0.235 e. The van der Waals surface area contributed by atoms with Crippen molar-refractivity contribution in [1.29, 1.82) is 0 Å². The Morgan fingerprint density at radius 1 is 1.43 bits per heavy atom. The van der Waals surface area contributed by atoms with Crippen molar-refractivity contribution in [2.24, 2.45) is 5.92 Å². The lowest BCUT2D eigenvalue weighted by Crippen LogP contribution is -2.37. The molecule has 0 spiro atoms. The Labute approximate surface area is 84.4 Å². The molecule has 0 heterocycles. The standard InChI is InChI=1S/C8H17NO4S/c1-6(2)7(10)4-9-8(11)5-14(3,12)13/h6-7,10H,4-5H2,1-3H3,(H,9,11). The number of rotatable bonds is 5. The number of hydrogen-bond donors (Lipinski definition) is 2. The van der Waals surface area contributed by atoms with Crippen LogP contribution in [-0.4, -0.2) is 44.1 Å². The van der Waals surface area contributed by atoms with Crippen molar-refractivity contribution in [3.8, 4) is 0 Å². The van der Waals surface area contributed by atoms with E-state index in [4.69, 9.17) is 0 Å². The minimum atomic E-state index is -3.29. The molecule has 2 N–H and O–H groups in total. The third-order valence-electron chi connectivity index (χ3n) is 1.67. The molecular weight excluding hydrogens is 206 g/mol. The van der Waals surface area contributed by atoms with Gasteiger partial charge in [-0.2, -0.15) is 0 Å². The molecule has 0 aromatic heterocycles. The Balaban J connectivity index is 3.87. The second-order valence-corrected chi connectivity index (χ2v) is 5.83. The summed E-state index contributed by atoms with van der Waals surface area (Å²) in [6, 6.07) is 0. The molecule has 0 aromatic rings. The van der Waals surface area contributed by atoms with Crippen LogP contribution in [0.2, 0.25) is 0 Å². The highest BCUT2D eigenvalue weighted by atomic mass is 32.2. The van der Waals surface area contributed by atoms with Crippen LogP contribution in [-0.2, 0) is 14.6 Å². The van der Waals surface area contributed by atoms with Crippen LogP contribution in [0.1, 0.15) is 13.8 Å². The zero-order chi connectivity index (χ0) is 11.4. The Morgan fingerprint density at radius 2 is 1.93 bits per heavy atom. The number of amides is 1. The number of hydrogen-bond acceptors (Lipinski definition) is 4. The number of aliphatic hydroxyl groups is 1. The molecule has 0 radical (unpaired) electrons. The molecule has 0 rings (SSSR count). The summed E-state index contributed by atoms with van der Waals surface area (Å²) in [6.07, 6.45) is 0.351. The van der Waals surface area contributed by atoms with E-state index in [0.29, 0.717) is 0 Å². The summed E-state index contributed by atoms with van der Waals surface area (Å²) in [5.41, 5.74) is 0. The molecule has 0 bridgehead atoms. The van der Waals surface area contributed by atoms with Gasteiger partial charge in [0.2, 0.25) is 5.91 Å². The van der Waals surface area contributed by atoms with Crippen molar-refractivity contribution >= 4 is 15.7 Å². The largest absolute Gasteiger partial charge is 0.391 e. The van der Waals surface area contributed by atoms with Gasteiger partial charge in [-0.15, -0.1) is 0 Å². The third kappa shape index (κ3) is 6.85. The highest BCUT2D eigenvalue weighted by molar-refractivity contribution is 7.91. The Morgan fingerprint density at radius 3 is 2.29 bits per heavy atom. The molecule has 0 aliphatic carbocycles. The summed E-state index contributed by atoms with van der Waals surface area (Å²) in [4.78, 5) is 11.0. The number of aliphatic hydroxyl groups excluding tert-OH is 1. The third-order valence-corrected chi connectivity index (χ3v) is 2.46. The Bertz CT molecular complexity index is 284. The van der Waals surface area contributed by atoms with Gasteiger partial charge in [-0.05, 0) is 5.92 Å². The lowest BCUT2D eigenvalue weighted by atomic mass is 10.1. The minimum Gasteiger partial charge on any atom is -0.391 e. The summed E-state index contributed by atoms with van der Waals surface area (Å²) < 4.78 is 21.4. The number of carbonyl (C=O) groups excluding carboxylic acids is 1. The first-order chi connectivity index (χ1) is 6.22. The van der Waals surface area contributed by atoms with E-state index in [9.17, 15) is 18.3 Å². The van der Waals surface area contributed by atoms with Crippen LogP contribution < -0.4 is 5.32 Å². The van der Waals surface area contributed by atoms with E-state index in [1.54, 1.807) is 0 Å². The molecule has 14 heavy (non-hydrogen) atoms. The normalized spacial score (nSPS) is 14.1. The van der Waals surface area contributed by atoms with Crippen LogP contribution in [0.4, 0.5) is 0 Å². The van der Waals surface area contributed by atoms with Crippen molar-refractivity contribution in [3.05, 3.63) is 0 Å². The monoisotopic (exact) mass is 223 g/mol. The summed E-state index contributed by atoms with van der Waals surface area (Å²) in [5.74, 6) is -1.07. The van der Waals surface area contributed by atoms with Gasteiger partial charge in [0.1, 0.15) is 5.75 Å². The van der Waals surface area contributed by atoms with Crippen LogP contribution in [0, 0.1) is 5.92 Å². The van der Waals surface area contributed by atoms with Crippen molar-refractivity contribution in [2.45, 2.75) is 20.0 Å². The molecule has 0 fully saturated rings. The van der Waals surface area contributed by atoms with Gasteiger partial charge in [0.15, 0.2) is 9.84 Å². The number of sulfone groups is 1. The quantitative estimate of drug-likeness (QED) is 0.637. The van der Waals surface area contributed by atoms with Gasteiger partial charge >= 0.3 is 0 Å². The Hall–Kier alpha value is -0.620. The molecule has 1 atom stereocenters. The summed E-state index contributed by atoms with van der Waals surface area (Å²) in [5, 5.41) is 11.7. The van der Waals surface area contributed by atoms with Crippen molar-refractivity contribution < 1.29 is 18.3 Å². The van der Waals surface area contributed by atoms with E-state index in [0.717, 1.165) is 6.26 Å². The lowest BCUT2D eigenvalue weighted by Gasteiger charge is -2.14. The van der Waals surface area contributed by atoms with Crippen LogP contribution >= 0.6 is 0 Å². The first kappa shape index (κ1) is 13.4. The average Bonchev–Trinajstić information content (AvgIpc) is 1.96. The van der Waals surface area contributed by atoms with E-state index in [-0.39, 0.29) is 12.5 Å². The summed E-state index contributed by atoms with van der Waals surface area (Å²) in [6.45, 7) is 3.72. The molecule has 0 aliphatic rings. The molecule has 84 valence electrons. The van der Waals surface area contributed by atoms with Gasteiger partial charge in [0.05, 0.1) is 6.10 Å². The van der Waals surface area contributed by atoms with Crippen molar-refractivity contribution in [2.75, 3.05) is 18.6 Å². The zero-order valence-electron chi connectivity index (χ0n) is 8.65. The van der Waals surface area contributed by atoms with Crippen molar-refractivity contribution in [1.82, 2.24) is 5.32 Å². The molecule has 0 saturated heterocycles.